The van der Waals surface area contributed by atoms with Gasteiger partial charge in [-0.3, -0.25) is 9.78 Å². The number of carbonyl (C=O) groups is 1. The third-order valence-corrected chi connectivity index (χ3v) is 5.66. The van der Waals surface area contributed by atoms with Crippen molar-refractivity contribution >= 4 is 5.91 Å². The van der Waals surface area contributed by atoms with Crippen molar-refractivity contribution in [3.05, 3.63) is 42.0 Å². The Hall–Kier alpha value is -2.30. The van der Waals surface area contributed by atoms with Gasteiger partial charge in [0, 0.05) is 35.6 Å². The Balaban J connectivity index is 1.63. The maximum Gasteiger partial charge on any atom is 0.223 e. The average molecular weight is 350 g/mol. The summed E-state index contributed by atoms with van der Waals surface area (Å²) in [5, 5.41) is 3.30. The van der Waals surface area contributed by atoms with Crippen LogP contribution in [0.5, 0.6) is 0 Å². The van der Waals surface area contributed by atoms with Crippen LogP contribution in [-0.4, -0.2) is 20.9 Å². The molecule has 2 aliphatic carbocycles. The van der Waals surface area contributed by atoms with Gasteiger partial charge in [-0.05, 0) is 43.2 Å². The number of aromatic nitrogens is 3. The summed E-state index contributed by atoms with van der Waals surface area (Å²) >= 11 is 0. The number of fused-ring (bicyclic) bond motifs is 1. The van der Waals surface area contributed by atoms with Crippen molar-refractivity contribution in [2.45, 2.75) is 58.4 Å². The van der Waals surface area contributed by atoms with Gasteiger partial charge in [-0.1, -0.05) is 26.7 Å². The SMILES string of the molecule is CC1(C)Cc2nc(-c3ccncc3)ncc2C(NC(=O)C2CCCC2)C1. The zero-order chi connectivity index (χ0) is 18.1. The molecular weight excluding hydrogens is 324 g/mol. The van der Waals surface area contributed by atoms with Gasteiger partial charge in [0.2, 0.25) is 5.91 Å². The number of hydrogen-bond donors (Lipinski definition) is 1. The number of hydrogen-bond acceptors (Lipinski definition) is 4. The molecule has 5 nitrogen and oxygen atoms in total. The first-order valence-corrected chi connectivity index (χ1v) is 9.58. The Morgan fingerprint density at radius 1 is 1.19 bits per heavy atom. The zero-order valence-electron chi connectivity index (χ0n) is 15.5. The smallest absolute Gasteiger partial charge is 0.223 e. The van der Waals surface area contributed by atoms with Gasteiger partial charge >= 0.3 is 0 Å². The fraction of sp³-hybridized carbons (Fsp3) is 0.524. The Kier molecular flexibility index (Phi) is 4.47. The summed E-state index contributed by atoms with van der Waals surface area (Å²) < 4.78 is 0. The molecule has 0 aliphatic heterocycles. The van der Waals surface area contributed by atoms with Crippen molar-refractivity contribution in [2.24, 2.45) is 11.3 Å². The highest BCUT2D eigenvalue weighted by atomic mass is 16.1. The van der Waals surface area contributed by atoms with Gasteiger partial charge in [0.1, 0.15) is 0 Å². The first kappa shape index (κ1) is 17.1. The average Bonchev–Trinajstić information content (AvgIpc) is 3.16. The van der Waals surface area contributed by atoms with E-state index in [1.165, 1.54) is 12.8 Å². The van der Waals surface area contributed by atoms with Gasteiger partial charge in [-0.2, -0.15) is 0 Å². The standard InChI is InChI=1S/C21H26N4O/c1-21(2)11-17-16(13-23-19(24-17)14-7-9-22-10-8-14)18(12-21)25-20(26)15-5-3-4-6-15/h7-10,13,15,18H,3-6,11-12H2,1-2H3,(H,25,26). The van der Waals surface area contributed by atoms with Crippen LogP contribution in [0.2, 0.25) is 0 Å². The van der Waals surface area contributed by atoms with Gasteiger partial charge in [0.25, 0.3) is 0 Å². The molecule has 2 aliphatic rings. The second-order valence-electron chi connectivity index (χ2n) is 8.42. The van der Waals surface area contributed by atoms with E-state index in [0.29, 0.717) is 0 Å². The second-order valence-corrected chi connectivity index (χ2v) is 8.42. The predicted molar refractivity (Wildman–Crippen MR) is 100 cm³/mol. The minimum absolute atomic E-state index is 0.00772. The molecule has 1 N–H and O–H groups in total. The summed E-state index contributed by atoms with van der Waals surface area (Å²) in [5.74, 6) is 1.11. The van der Waals surface area contributed by atoms with Crippen molar-refractivity contribution < 1.29 is 4.79 Å². The summed E-state index contributed by atoms with van der Waals surface area (Å²) in [5.41, 5.74) is 3.20. The molecule has 1 amide bonds. The van der Waals surface area contributed by atoms with Crippen LogP contribution >= 0.6 is 0 Å². The molecular formula is C21H26N4O. The lowest BCUT2D eigenvalue weighted by Gasteiger charge is -2.37. The lowest BCUT2D eigenvalue weighted by molar-refractivity contribution is -0.125. The molecule has 4 rings (SSSR count). The Morgan fingerprint density at radius 3 is 2.65 bits per heavy atom. The fourth-order valence-electron chi connectivity index (χ4n) is 4.29. The molecule has 2 aromatic rings. The lowest BCUT2D eigenvalue weighted by atomic mass is 9.74. The predicted octanol–water partition coefficient (Wildman–Crippen LogP) is 3.86. The number of nitrogens with zero attached hydrogens (tertiary/aromatic N) is 3. The molecule has 5 heteroatoms. The number of amides is 1. The minimum atomic E-state index is 0.00772. The molecule has 1 unspecified atom stereocenters. The van der Waals surface area contributed by atoms with Crippen LogP contribution in [0.4, 0.5) is 0 Å². The largest absolute Gasteiger partial charge is 0.349 e. The highest BCUT2D eigenvalue weighted by Gasteiger charge is 2.35. The molecule has 1 fully saturated rings. The van der Waals surface area contributed by atoms with E-state index < -0.39 is 0 Å². The molecule has 0 saturated heterocycles. The Morgan fingerprint density at radius 2 is 1.92 bits per heavy atom. The number of rotatable bonds is 3. The third-order valence-electron chi connectivity index (χ3n) is 5.66. The maximum atomic E-state index is 12.7. The summed E-state index contributed by atoms with van der Waals surface area (Å²) in [6, 6.07) is 3.86. The zero-order valence-corrected chi connectivity index (χ0v) is 15.5. The summed E-state index contributed by atoms with van der Waals surface area (Å²) in [6.45, 7) is 4.50. The molecule has 26 heavy (non-hydrogen) atoms. The molecule has 0 aromatic carbocycles. The van der Waals surface area contributed by atoms with Gasteiger partial charge in [-0.15, -0.1) is 0 Å². The highest BCUT2D eigenvalue weighted by molar-refractivity contribution is 5.79. The third kappa shape index (κ3) is 3.48. The lowest BCUT2D eigenvalue weighted by Crippen LogP contribution is -2.39. The Bertz CT molecular complexity index is 797. The number of nitrogens with one attached hydrogen (secondary N) is 1. The van der Waals surface area contributed by atoms with E-state index in [9.17, 15) is 4.79 Å². The monoisotopic (exact) mass is 350 g/mol. The molecule has 0 radical (unpaired) electrons. The van der Waals surface area contributed by atoms with Crippen molar-refractivity contribution in [3.63, 3.8) is 0 Å². The van der Waals surface area contributed by atoms with Crippen LogP contribution < -0.4 is 5.32 Å². The summed E-state index contributed by atoms with van der Waals surface area (Å²) in [7, 11) is 0. The van der Waals surface area contributed by atoms with Gasteiger partial charge in [0.15, 0.2) is 5.82 Å². The maximum absolute atomic E-state index is 12.7. The Labute approximate surface area is 154 Å². The van der Waals surface area contributed by atoms with Crippen LogP contribution in [0.15, 0.2) is 30.7 Å². The van der Waals surface area contributed by atoms with E-state index in [-0.39, 0.29) is 23.3 Å². The van der Waals surface area contributed by atoms with Crippen LogP contribution in [0, 0.1) is 11.3 Å². The topological polar surface area (TPSA) is 67.8 Å². The van der Waals surface area contributed by atoms with Crippen LogP contribution in [0.1, 0.15) is 63.3 Å². The molecule has 0 bridgehead atoms. The van der Waals surface area contributed by atoms with E-state index in [1.807, 2.05) is 18.3 Å². The van der Waals surface area contributed by atoms with Crippen LogP contribution in [-0.2, 0) is 11.2 Å². The van der Waals surface area contributed by atoms with E-state index >= 15 is 0 Å². The molecule has 1 saturated carbocycles. The van der Waals surface area contributed by atoms with Crippen molar-refractivity contribution in [1.82, 2.24) is 20.3 Å². The normalized spacial score (nSPS) is 22.0. The first-order valence-electron chi connectivity index (χ1n) is 9.58. The second kappa shape index (κ2) is 6.78. The molecule has 2 heterocycles. The minimum Gasteiger partial charge on any atom is -0.349 e. The van der Waals surface area contributed by atoms with E-state index in [0.717, 1.165) is 48.3 Å². The van der Waals surface area contributed by atoms with Crippen molar-refractivity contribution in [3.8, 4) is 11.4 Å². The summed E-state index contributed by atoms with van der Waals surface area (Å²) in [4.78, 5) is 26.1. The first-order chi connectivity index (χ1) is 12.5. The van der Waals surface area contributed by atoms with Gasteiger partial charge in [-0.25, -0.2) is 9.97 Å². The van der Waals surface area contributed by atoms with E-state index in [4.69, 9.17) is 4.98 Å². The van der Waals surface area contributed by atoms with Gasteiger partial charge in [0.05, 0.1) is 11.7 Å². The highest BCUT2D eigenvalue weighted by Crippen LogP contribution is 2.40. The van der Waals surface area contributed by atoms with E-state index in [1.54, 1.807) is 12.4 Å². The number of pyridine rings is 1. The fourth-order valence-corrected chi connectivity index (χ4v) is 4.29. The molecule has 0 spiro atoms. The van der Waals surface area contributed by atoms with Crippen LogP contribution in [0.25, 0.3) is 11.4 Å². The molecule has 1 atom stereocenters. The van der Waals surface area contributed by atoms with E-state index in [2.05, 4.69) is 29.1 Å². The summed E-state index contributed by atoms with van der Waals surface area (Å²) in [6.07, 6.45) is 11.6. The van der Waals surface area contributed by atoms with Crippen LogP contribution in [0.3, 0.4) is 0 Å². The van der Waals surface area contributed by atoms with Crippen molar-refractivity contribution in [1.29, 1.82) is 0 Å². The quantitative estimate of drug-likeness (QED) is 0.913. The molecule has 136 valence electrons. The number of carbonyl (C=O) groups excluding carboxylic acids is 1. The van der Waals surface area contributed by atoms with Crippen molar-refractivity contribution in [2.75, 3.05) is 0 Å². The van der Waals surface area contributed by atoms with Gasteiger partial charge < -0.3 is 5.32 Å². The molecule has 2 aromatic heterocycles.